The predicted octanol–water partition coefficient (Wildman–Crippen LogP) is 4.89. The first kappa shape index (κ1) is 20.5. The maximum absolute atomic E-state index is 12.7. The van der Waals surface area contributed by atoms with Gasteiger partial charge in [0.2, 0.25) is 0 Å². The third-order valence-corrected chi connectivity index (χ3v) is 4.79. The van der Waals surface area contributed by atoms with E-state index in [9.17, 15) is 9.59 Å². The number of carbonyl (C=O) groups excluding carboxylic acids is 2. The first-order chi connectivity index (χ1) is 13.8. The van der Waals surface area contributed by atoms with Crippen LogP contribution in [0.15, 0.2) is 54.6 Å². The minimum Gasteiger partial charge on any atom is -0.489 e. The third-order valence-electron chi connectivity index (χ3n) is 4.79. The molecule has 0 fully saturated rings. The van der Waals surface area contributed by atoms with Gasteiger partial charge in [-0.1, -0.05) is 18.2 Å². The van der Waals surface area contributed by atoms with Crippen LogP contribution in [-0.2, 0) is 16.1 Å². The highest BCUT2D eigenvalue weighted by Gasteiger charge is 2.38. The lowest BCUT2D eigenvalue weighted by Gasteiger charge is -2.20. The van der Waals surface area contributed by atoms with E-state index in [2.05, 4.69) is 4.98 Å². The highest BCUT2D eigenvalue weighted by Crippen LogP contribution is 2.26. The van der Waals surface area contributed by atoms with Crippen LogP contribution in [0.3, 0.4) is 0 Å². The topological polar surface area (TPSA) is 65.5 Å². The van der Waals surface area contributed by atoms with Crippen molar-refractivity contribution in [3.8, 4) is 5.75 Å². The number of pyridine rings is 1. The van der Waals surface area contributed by atoms with Crippen molar-refractivity contribution in [3.05, 3.63) is 71.4 Å². The molecule has 0 aliphatic rings. The van der Waals surface area contributed by atoms with Crippen molar-refractivity contribution in [2.75, 3.05) is 6.61 Å². The van der Waals surface area contributed by atoms with Crippen molar-refractivity contribution >= 4 is 22.7 Å². The third kappa shape index (κ3) is 4.45. The molecule has 0 spiro atoms. The molecule has 0 unspecified atom stereocenters. The Morgan fingerprint density at radius 3 is 2.41 bits per heavy atom. The van der Waals surface area contributed by atoms with E-state index in [1.807, 2.05) is 37.3 Å². The van der Waals surface area contributed by atoms with Crippen LogP contribution in [0.1, 0.15) is 42.4 Å². The molecule has 150 valence electrons. The Bertz CT molecular complexity index is 1040. The van der Waals surface area contributed by atoms with E-state index in [0.29, 0.717) is 17.9 Å². The fraction of sp³-hybridized carbons (Fsp3) is 0.292. The van der Waals surface area contributed by atoms with E-state index in [1.165, 1.54) is 0 Å². The molecule has 0 amide bonds. The first-order valence-electron chi connectivity index (χ1n) is 9.63. The summed E-state index contributed by atoms with van der Waals surface area (Å²) in [7, 11) is 0. The zero-order valence-corrected chi connectivity index (χ0v) is 17.2. The molecular formula is C24H25NO4. The molecule has 0 aliphatic heterocycles. The Morgan fingerprint density at radius 2 is 1.72 bits per heavy atom. The highest BCUT2D eigenvalue weighted by molar-refractivity contribution is 6.11. The van der Waals surface area contributed by atoms with Crippen molar-refractivity contribution in [2.45, 2.75) is 34.3 Å². The Labute approximate surface area is 170 Å². The summed E-state index contributed by atoms with van der Waals surface area (Å²) in [6, 6.07) is 16.8. The molecule has 5 heteroatoms. The molecule has 0 saturated heterocycles. The second-order valence-electron chi connectivity index (χ2n) is 7.43. The number of ether oxygens (including phenoxy) is 2. The van der Waals surface area contributed by atoms with Crippen LogP contribution in [-0.4, -0.2) is 23.3 Å². The molecule has 2 aromatic carbocycles. The number of benzene rings is 2. The van der Waals surface area contributed by atoms with Crippen LogP contribution in [0.2, 0.25) is 0 Å². The molecule has 0 atom stereocenters. The number of hydrogen-bond donors (Lipinski definition) is 0. The maximum Gasteiger partial charge on any atom is 0.319 e. The number of fused-ring (bicyclic) bond motifs is 1. The molecule has 29 heavy (non-hydrogen) atoms. The highest BCUT2D eigenvalue weighted by atomic mass is 16.5. The summed E-state index contributed by atoms with van der Waals surface area (Å²) in [5.74, 6) is -0.155. The van der Waals surface area contributed by atoms with E-state index in [0.717, 1.165) is 22.2 Å². The number of carbonyl (C=O) groups is 2. The molecule has 0 saturated carbocycles. The van der Waals surface area contributed by atoms with Crippen molar-refractivity contribution < 1.29 is 19.1 Å². The van der Waals surface area contributed by atoms with Gasteiger partial charge in [-0.05, 0) is 64.1 Å². The molecule has 0 aliphatic carbocycles. The summed E-state index contributed by atoms with van der Waals surface area (Å²) in [5.41, 5.74) is 2.14. The van der Waals surface area contributed by atoms with E-state index < -0.39 is 11.4 Å². The molecular weight excluding hydrogens is 366 g/mol. The normalized spacial score (nSPS) is 11.3. The molecule has 0 bridgehead atoms. The quantitative estimate of drug-likeness (QED) is 0.326. The fourth-order valence-electron chi connectivity index (χ4n) is 3.14. The first-order valence-corrected chi connectivity index (χ1v) is 9.63. The number of hydrogen-bond acceptors (Lipinski definition) is 5. The van der Waals surface area contributed by atoms with E-state index in [-0.39, 0.29) is 12.4 Å². The van der Waals surface area contributed by atoms with Crippen molar-refractivity contribution in [1.82, 2.24) is 4.98 Å². The van der Waals surface area contributed by atoms with Gasteiger partial charge in [-0.25, -0.2) is 0 Å². The minimum atomic E-state index is -1.23. The second-order valence-corrected chi connectivity index (χ2v) is 7.43. The summed E-state index contributed by atoms with van der Waals surface area (Å²) in [5, 5.41) is 1.06. The smallest absolute Gasteiger partial charge is 0.319 e. The van der Waals surface area contributed by atoms with Gasteiger partial charge in [-0.15, -0.1) is 0 Å². The second kappa shape index (κ2) is 8.43. The van der Waals surface area contributed by atoms with Gasteiger partial charge in [0, 0.05) is 22.2 Å². The molecule has 0 radical (unpaired) electrons. The lowest BCUT2D eigenvalue weighted by molar-refractivity contribution is -0.150. The van der Waals surface area contributed by atoms with Gasteiger partial charge < -0.3 is 9.47 Å². The van der Waals surface area contributed by atoms with E-state index in [4.69, 9.17) is 9.47 Å². The van der Waals surface area contributed by atoms with Gasteiger partial charge in [0.15, 0.2) is 5.78 Å². The number of nitrogens with zero attached hydrogens (tertiary/aromatic N) is 1. The van der Waals surface area contributed by atoms with Gasteiger partial charge in [-0.3, -0.25) is 14.6 Å². The molecule has 3 aromatic rings. The Kier molecular flexibility index (Phi) is 5.97. The molecule has 0 N–H and O–H groups in total. The van der Waals surface area contributed by atoms with Gasteiger partial charge in [-0.2, -0.15) is 0 Å². The van der Waals surface area contributed by atoms with Gasteiger partial charge in [0.1, 0.15) is 17.8 Å². The lowest BCUT2D eigenvalue weighted by Crippen LogP contribution is -2.35. The largest absolute Gasteiger partial charge is 0.489 e. The van der Waals surface area contributed by atoms with E-state index in [1.54, 1.807) is 45.0 Å². The van der Waals surface area contributed by atoms with Crippen LogP contribution in [0.25, 0.3) is 10.9 Å². The monoisotopic (exact) mass is 391 g/mol. The summed E-state index contributed by atoms with van der Waals surface area (Å²) in [6.45, 7) is 7.47. The Balaban J connectivity index is 1.73. The van der Waals surface area contributed by atoms with E-state index >= 15 is 0 Å². The average molecular weight is 391 g/mol. The summed E-state index contributed by atoms with van der Waals surface area (Å²) in [4.78, 5) is 29.3. The number of aromatic nitrogens is 1. The number of aryl methyl sites for hydroxylation is 1. The number of ketones is 1. The predicted molar refractivity (Wildman–Crippen MR) is 112 cm³/mol. The number of esters is 1. The molecule has 3 rings (SSSR count). The van der Waals surface area contributed by atoms with Gasteiger partial charge in [0.05, 0.1) is 12.1 Å². The Hall–Kier alpha value is -3.21. The average Bonchev–Trinajstić information content (AvgIpc) is 2.71. The van der Waals surface area contributed by atoms with Gasteiger partial charge >= 0.3 is 5.97 Å². The zero-order chi connectivity index (χ0) is 21.0. The van der Waals surface area contributed by atoms with Crippen LogP contribution in [0.4, 0.5) is 0 Å². The van der Waals surface area contributed by atoms with Crippen molar-refractivity contribution in [3.63, 3.8) is 0 Å². The number of rotatable bonds is 7. The lowest BCUT2D eigenvalue weighted by atomic mass is 9.84. The zero-order valence-electron chi connectivity index (χ0n) is 17.2. The van der Waals surface area contributed by atoms with Crippen LogP contribution >= 0.6 is 0 Å². The van der Waals surface area contributed by atoms with Crippen LogP contribution in [0, 0.1) is 12.3 Å². The fourth-order valence-corrected chi connectivity index (χ4v) is 3.14. The SMILES string of the molecule is CCOC(=O)C(C)(C)C(=O)c1ccc(OCc2cc(C)nc3ccccc23)cc1. The number of Topliss-reactive ketones (excluding diaryl/α,β-unsaturated/α-hetero) is 1. The van der Waals surface area contributed by atoms with Gasteiger partial charge in [0.25, 0.3) is 0 Å². The summed E-state index contributed by atoms with van der Waals surface area (Å²) >= 11 is 0. The molecule has 5 nitrogen and oxygen atoms in total. The summed E-state index contributed by atoms with van der Waals surface area (Å²) < 4.78 is 10.9. The van der Waals surface area contributed by atoms with Crippen molar-refractivity contribution in [2.24, 2.45) is 5.41 Å². The minimum absolute atomic E-state index is 0.242. The molecule has 1 aromatic heterocycles. The Morgan fingerprint density at radius 1 is 1.03 bits per heavy atom. The van der Waals surface area contributed by atoms with Crippen molar-refractivity contribution in [1.29, 1.82) is 0 Å². The molecule has 1 heterocycles. The van der Waals surface area contributed by atoms with Crippen LogP contribution < -0.4 is 4.74 Å². The standard InChI is InChI=1S/C24H25NO4/c1-5-28-23(27)24(3,4)22(26)17-10-12-19(13-11-17)29-15-18-14-16(2)25-21-9-7-6-8-20(18)21/h6-14H,5,15H2,1-4H3. The maximum atomic E-state index is 12.7. The summed E-state index contributed by atoms with van der Waals surface area (Å²) in [6.07, 6.45) is 0. The van der Waals surface area contributed by atoms with Crippen LogP contribution in [0.5, 0.6) is 5.75 Å². The number of para-hydroxylation sites is 1.